The van der Waals surface area contributed by atoms with Crippen LogP contribution in [0.25, 0.3) is 0 Å². The standard InChI is InChI=1S/C16H26N2/c1-4-18(12-15-9-17-10-15)11-14-5-7-16(8-6-14)13(2)3/h5-8,13,15,17H,4,9-12H2,1-3H3. The van der Waals surface area contributed by atoms with E-state index < -0.39 is 0 Å². The minimum atomic E-state index is 0.627. The first-order valence-electron chi connectivity index (χ1n) is 7.21. The van der Waals surface area contributed by atoms with Gasteiger partial charge in [-0.15, -0.1) is 0 Å². The van der Waals surface area contributed by atoms with Crippen molar-refractivity contribution in [1.29, 1.82) is 0 Å². The summed E-state index contributed by atoms with van der Waals surface area (Å²) < 4.78 is 0. The van der Waals surface area contributed by atoms with Gasteiger partial charge in [0.15, 0.2) is 0 Å². The Labute approximate surface area is 111 Å². The molecule has 0 unspecified atom stereocenters. The van der Waals surface area contributed by atoms with Crippen LogP contribution < -0.4 is 5.32 Å². The topological polar surface area (TPSA) is 15.3 Å². The van der Waals surface area contributed by atoms with Gasteiger partial charge in [0.1, 0.15) is 0 Å². The Morgan fingerprint density at radius 1 is 1.22 bits per heavy atom. The second-order valence-corrected chi connectivity index (χ2v) is 5.75. The summed E-state index contributed by atoms with van der Waals surface area (Å²) in [6, 6.07) is 9.13. The van der Waals surface area contributed by atoms with Crippen molar-refractivity contribution in [1.82, 2.24) is 10.2 Å². The third kappa shape index (κ3) is 3.56. The summed E-state index contributed by atoms with van der Waals surface area (Å²) in [7, 11) is 0. The van der Waals surface area contributed by atoms with Gasteiger partial charge in [0.05, 0.1) is 0 Å². The number of hydrogen-bond acceptors (Lipinski definition) is 2. The highest BCUT2D eigenvalue weighted by molar-refractivity contribution is 5.24. The lowest BCUT2D eigenvalue weighted by Gasteiger charge is -2.32. The molecule has 0 spiro atoms. The van der Waals surface area contributed by atoms with E-state index in [1.807, 2.05) is 0 Å². The van der Waals surface area contributed by atoms with Gasteiger partial charge in [-0.2, -0.15) is 0 Å². The molecule has 0 amide bonds. The second kappa shape index (κ2) is 6.35. The van der Waals surface area contributed by atoms with E-state index >= 15 is 0 Å². The average Bonchev–Trinajstić information content (AvgIpc) is 2.32. The fourth-order valence-corrected chi connectivity index (χ4v) is 2.41. The van der Waals surface area contributed by atoms with Gasteiger partial charge < -0.3 is 5.32 Å². The minimum Gasteiger partial charge on any atom is -0.316 e. The lowest BCUT2D eigenvalue weighted by atomic mass is 10.0. The summed E-state index contributed by atoms with van der Waals surface area (Å²) in [6.45, 7) is 12.6. The van der Waals surface area contributed by atoms with Crippen molar-refractivity contribution in [2.45, 2.75) is 33.2 Å². The first-order valence-corrected chi connectivity index (χ1v) is 7.21. The second-order valence-electron chi connectivity index (χ2n) is 5.75. The quantitative estimate of drug-likeness (QED) is 0.830. The molecule has 0 radical (unpaired) electrons. The summed E-state index contributed by atoms with van der Waals surface area (Å²) in [4.78, 5) is 2.55. The molecule has 1 N–H and O–H groups in total. The highest BCUT2D eigenvalue weighted by Gasteiger charge is 2.19. The van der Waals surface area contributed by atoms with E-state index in [-0.39, 0.29) is 0 Å². The van der Waals surface area contributed by atoms with Crippen molar-refractivity contribution in [2.75, 3.05) is 26.2 Å². The highest BCUT2D eigenvalue weighted by Crippen LogP contribution is 2.16. The molecule has 2 nitrogen and oxygen atoms in total. The smallest absolute Gasteiger partial charge is 0.0233 e. The van der Waals surface area contributed by atoms with E-state index in [9.17, 15) is 0 Å². The highest BCUT2D eigenvalue weighted by atomic mass is 15.1. The average molecular weight is 246 g/mol. The first-order chi connectivity index (χ1) is 8.69. The molecule has 1 aliphatic rings. The molecule has 1 fully saturated rings. The SMILES string of the molecule is CCN(Cc1ccc(C(C)C)cc1)CC1CNC1. The number of nitrogens with zero attached hydrogens (tertiary/aromatic N) is 1. The summed E-state index contributed by atoms with van der Waals surface area (Å²) >= 11 is 0. The molecule has 0 saturated carbocycles. The van der Waals surface area contributed by atoms with E-state index in [0.29, 0.717) is 5.92 Å². The van der Waals surface area contributed by atoms with Crippen LogP contribution in [0.1, 0.15) is 37.8 Å². The van der Waals surface area contributed by atoms with Crippen molar-refractivity contribution < 1.29 is 0 Å². The zero-order valence-electron chi connectivity index (χ0n) is 11.9. The van der Waals surface area contributed by atoms with Crippen molar-refractivity contribution in [3.05, 3.63) is 35.4 Å². The molecule has 2 rings (SSSR count). The zero-order chi connectivity index (χ0) is 13.0. The maximum atomic E-state index is 3.35. The summed E-state index contributed by atoms with van der Waals surface area (Å²) in [5.74, 6) is 1.49. The van der Waals surface area contributed by atoms with Gasteiger partial charge in [-0.1, -0.05) is 45.0 Å². The molecule has 1 aromatic rings. The monoisotopic (exact) mass is 246 g/mol. The van der Waals surface area contributed by atoms with Crippen LogP contribution in [0.15, 0.2) is 24.3 Å². The van der Waals surface area contributed by atoms with Crippen molar-refractivity contribution in [2.24, 2.45) is 5.92 Å². The number of rotatable bonds is 6. The van der Waals surface area contributed by atoms with Gasteiger partial charge in [0.2, 0.25) is 0 Å². The lowest BCUT2D eigenvalue weighted by Crippen LogP contribution is -2.48. The Morgan fingerprint density at radius 3 is 2.33 bits per heavy atom. The number of nitrogens with one attached hydrogen (secondary N) is 1. The maximum Gasteiger partial charge on any atom is 0.0233 e. The van der Waals surface area contributed by atoms with Crippen LogP contribution in [0.4, 0.5) is 0 Å². The maximum absolute atomic E-state index is 3.35. The normalized spacial score (nSPS) is 16.3. The Kier molecular flexibility index (Phi) is 4.79. The Balaban J connectivity index is 1.89. The van der Waals surface area contributed by atoms with Crippen LogP contribution in [0.2, 0.25) is 0 Å². The molecule has 1 heterocycles. The van der Waals surface area contributed by atoms with Crippen molar-refractivity contribution in [3.8, 4) is 0 Å². The largest absolute Gasteiger partial charge is 0.316 e. The summed E-state index contributed by atoms with van der Waals surface area (Å²) in [5.41, 5.74) is 2.87. The molecule has 100 valence electrons. The van der Waals surface area contributed by atoms with E-state index in [1.165, 1.54) is 30.8 Å². The molecule has 2 heteroatoms. The Morgan fingerprint density at radius 2 is 1.89 bits per heavy atom. The lowest BCUT2D eigenvalue weighted by molar-refractivity contribution is 0.194. The van der Waals surface area contributed by atoms with Gasteiger partial charge >= 0.3 is 0 Å². The van der Waals surface area contributed by atoms with E-state index in [1.54, 1.807) is 0 Å². The van der Waals surface area contributed by atoms with Crippen LogP contribution in [-0.2, 0) is 6.54 Å². The molecule has 0 bridgehead atoms. The van der Waals surface area contributed by atoms with Crippen molar-refractivity contribution in [3.63, 3.8) is 0 Å². The predicted octanol–water partition coefficient (Wildman–Crippen LogP) is 2.85. The van der Waals surface area contributed by atoms with Gasteiger partial charge in [-0.25, -0.2) is 0 Å². The number of benzene rings is 1. The zero-order valence-corrected chi connectivity index (χ0v) is 11.9. The fourth-order valence-electron chi connectivity index (χ4n) is 2.41. The molecule has 1 aromatic carbocycles. The molecular weight excluding hydrogens is 220 g/mol. The van der Waals surface area contributed by atoms with Gasteiger partial charge in [0.25, 0.3) is 0 Å². The third-order valence-corrected chi connectivity index (χ3v) is 3.88. The van der Waals surface area contributed by atoms with Gasteiger partial charge in [-0.3, -0.25) is 4.90 Å². The van der Waals surface area contributed by atoms with Crippen LogP contribution >= 0.6 is 0 Å². The first kappa shape index (κ1) is 13.6. The summed E-state index contributed by atoms with van der Waals surface area (Å²) in [5, 5.41) is 3.35. The number of hydrogen-bond donors (Lipinski definition) is 1. The molecule has 0 aliphatic carbocycles. The molecule has 0 atom stereocenters. The molecule has 0 aromatic heterocycles. The van der Waals surface area contributed by atoms with Gasteiger partial charge in [-0.05, 0) is 29.5 Å². The Bertz CT molecular complexity index is 352. The van der Waals surface area contributed by atoms with Crippen molar-refractivity contribution >= 4 is 0 Å². The van der Waals surface area contributed by atoms with Crippen LogP contribution in [0, 0.1) is 5.92 Å². The Hall–Kier alpha value is -0.860. The van der Waals surface area contributed by atoms with Gasteiger partial charge in [0, 0.05) is 26.2 Å². The van der Waals surface area contributed by atoms with Crippen LogP contribution in [0.5, 0.6) is 0 Å². The van der Waals surface area contributed by atoms with E-state index in [4.69, 9.17) is 0 Å². The molecule has 18 heavy (non-hydrogen) atoms. The minimum absolute atomic E-state index is 0.627. The van der Waals surface area contributed by atoms with E-state index in [2.05, 4.69) is 55.3 Å². The molecule has 1 saturated heterocycles. The molecular formula is C16H26N2. The fraction of sp³-hybridized carbons (Fsp3) is 0.625. The predicted molar refractivity (Wildman–Crippen MR) is 77.8 cm³/mol. The summed E-state index contributed by atoms with van der Waals surface area (Å²) in [6.07, 6.45) is 0. The van der Waals surface area contributed by atoms with Crippen LogP contribution in [0.3, 0.4) is 0 Å². The third-order valence-electron chi connectivity index (χ3n) is 3.88. The van der Waals surface area contributed by atoms with Crippen LogP contribution in [-0.4, -0.2) is 31.1 Å². The molecule has 1 aliphatic heterocycles. The van der Waals surface area contributed by atoms with E-state index in [0.717, 1.165) is 19.0 Å².